The summed E-state index contributed by atoms with van der Waals surface area (Å²) < 4.78 is 11.2. The lowest BCUT2D eigenvalue weighted by molar-refractivity contribution is -0.116. The summed E-state index contributed by atoms with van der Waals surface area (Å²) in [4.78, 5) is 20.5. The molecule has 1 aromatic heterocycles. The maximum absolute atomic E-state index is 12.1. The molecule has 0 aliphatic carbocycles. The van der Waals surface area contributed by atoms with Crippen LogP contribution in [-0.4, -0.2) is 22.5 Å². The number of hydrogen-bond donors (Lipinski definition) is 1. The zero-order chi connectivity index (χ0) is 19.9. The molecule has 1 N–H and O–H groups in total. The molecule has 7 heteroatoms. The molecule has 0 bridgehead atoms. The fraction of sp³-hybridized carbons (Fsp3) is 0.190. The lowest BCUT2D eigenvalue weighted by Gasteiger charge is -2.09. The number of benzene rings is 2. The Balaban J connectivity index is 1.49. The molecule has 0 saturated heterocycles. The smallest absolute Gasteiger partial charge is 0.322 e. The summed E-state index contributed by atoms with van der Waals surface area (Å²) in [5, 5.41) is 3.33. The maximum atomic E-state index is 12.1. The van der Waals surface area contributed by atoms with E-state index >= 15 is 0 Å². The topological polar surface area (TPSA) is 73.3 Å². The van der Waals surface area contributed by atoms with Gasteiger partial charge < -0.3 is 14.8 Å². The van der Waals surface area contributed by atoms with Gasteiger partial charge in [-0.05, 0) is 56.3 Å². The van der Waals surface area contributed by atoms with Crippen LogP contribution >= 0.6 is 11.6 Å². The number of ether oxygens (including phenoxy) is 2. The highest BCUT2D eigenvalue weighted by Gasteiger charge is 2.06. The van der Waals surface area contributed by atoms with Gasteiger partial charge in [0.15, 0.2) is 0 Å². The minimum Gasteiger partial charge on any atom is -0.491 e. The molecule has 144 valence electrons. The van der Waals surface area contributed by atoms with Crippen LogP contribution in [0, 0.1) is 13.8 Å². The van der Waals surface area contributed by atoms with E-state index in [0.29, 0.717) is 28.2 Å². The Labute approximate surface area is 168 Å². The Morgan fingerprint density at radius 2 is 1.71 bits per heavy atom. The van der Waals surface area contributed by atoms with E-state index < -0.39 is 0 Å². The first-order valence-corrected chi connectivity index (χ1v) is 9.15. The molecule has 0 unspecified atom stereocenters. The first-order chi connectivity index (χ1) is 13.5. The standard InChI is InChI=1S/C21H20ClN3O3/c1-14-13-15(2)24-21(23-14)28-17-9-7-16(8-10-17)25-20(26)11-12-27-19-6-4-3-5-18(19)22/h3-10,13H,11-12H2,1-2H3,(H,25,26). The molecule has 3 aromatic rings. The van der Waals surface area contributed by atoms with Crippen molar-refractivity contribution in [2.75, 3.05) is 11.9 Å². The third kappa shape index (κ3) is 5.69. The molecule has 0 fully saturated rings. The van der Waals surface area contributed by atoms with Crippen LogP contribution in [0.4, 0.5) is 5.69 Å². The van der Waals surface area contributed by atoms with E-state index in [4.69, 9.17) is 21.1 Å². The molecule has 1 amide bonds. The summed E-state index contributed by atoms with van der Waals surface area (Å²) in [6.45, 7) is 4.01. The van der Waals surface area contributed by atoms with Gasteiger partial charge in [0.25, 0.3) is 0 Å². The Kier molecular flexibility index (Phi) is 6.45. The van der Waals surface area contributed by atoms with E-state index in [1.54, 1.807) is 36.4 Å². The minimum absolute atomic E-state index is 0.154. The van der Waals surface area contributed by atoms with Crippen molar-refractivity contribution < 1.29 is 14.3 Å². The largest absolute Gasteiger partial charge is 0.491 e. The van der Waals surface area contributed by atoms with Crippen molar-refractivity contribution in [1.29, 1.82) is 0 Å². The number of anilines is 1. The number of rotatable bonds is 7. The summed E-state index contributed by atoms with van der Waals surface area (Å²) in [6, 6.07) is 16.3. The molecule has 0 radical (unpaired) electrons. The van der Waals surface area contributed by atoms with Crippen LogP contribution in [0.1, 0.15) is 17.8 Å². The van der Waals surface area contributed by atoms with E-state index in [9.17, 15) is 4.79 Å². The van der Waals surface area contributed by atoms with Crippen LogP contribution < -0.4 is 14.8 Å². The summed E-state index contributed by atoms with van der Waals surface area (Å²) in [5.74, 6) is 0.996. The molecule has 2 aromatic carbocycles. The van der Waals surface area contributed by atoms with Crippen LogP contribution in [0.3, 0.4) is 0 Å². The molecule has 0 atom stereocenters. The second-order valence-corrected chi connectivity index (χ2v) is 6.54. The molecule has 3 rings (SSSR count). The molecule has 0 aliphatic rings. The molecule has 28 heavy (non-hydrogen) atoms. The van der Waals surface area contributed by atoms with Crippen LogP contribution in [0.5, 0.6) is 17.5 Å². The summed E-state index contributed by atoms with van der Waals surface area (Å²) in [7, 11) is 0. The second-order valence-electron chi connectivity index (χ2n) is 6.14. The van der Waals surface area contributed by atoms with E-state index in [2.05, 4.69) is 15.3 Å². The molecule has 1 heterocycles. The number of carbonyl (C=O) groups is 1. The van der Waals surface area contributed by atoms with Gasteiger partial charge in [0.1, 0.15) is 11.5 Å². The van der Waals surface area contributed by atoms with Gasteiger partial charge in [-0.1, -0.05) is 23.7 Å². The second kappa shape index (κ2) is 9.19. The average molecular weight is 398 g/mol. The number of nitrogens with one attached hydrogen (secondary N) is 1. The highest BCUT2D eigenvalue weighted by Crippen LogP contribution is 2.23. The molecule has 0 spiro atoms. The predicted molar refractivity (Wildman–Crippen MR) is 108 cm³/mol. The van der Waals surface area contributed by atoms with Gasteiger partial charge in [0.2, 0.25) is 5.91 Å². The van der Waals surface area contributed by atoms with Crippen LogP contribution in [-0.2, 0) is 4.79 Å². The zero-order valence-electron chi connectivity index (χ0n) is 15.6. The Hall–Kier alpha value is -3.12. The van der Waals surface area contributed by atoms with Crippen molar-refractivity contribution in [2.45, 2.75) is 20.3 Å². The van der Waals surface area contributed by atoms with E-state index in [1.165, 1.54) is 0 Å². The van der Waals surface area contributed by atoms with Crippen molar-refractivity contribution >= 4 is 23.2 Å². The summed E-state index contributed by atoms with van der Waals surface area (Å²) in [6.07, 6.45) is 0.208. The number of aryl methyl sites for hydroxylation is 2. The van der Waals surface area contributed by atoms with E-state index in [-0.39, 0.29) is 18.9 Å². The average Bonchev–Trinajstić information content (AvgIpc) is 2.64. The normalized spacial score (nSPS) is 10.4. The first kappa shape index (κ1) is 19.6. The maximum Gasteiger partial charge on any atom is 0.322 e. The third-order valence-electron chi connectivity index (χ3n) is 3.73. The predicted octanol–water partition coefficient (Wildman–Crippen LogP) is 4.95. The van der Waals surface area contributed by atoms with E-state index in [0.717, 1.165) is 11.4 Å². The van der Waals surface area contributed by atoms with E-state index in [1.807, 2.05) is 32.0 Å². The summed E-state index contributed by atoms with van der Waals surface area (Å²) >= 11 is 6.01. The molecule has 0 aliphatic heterocycles. The van der Waals surface area contributed by atoms with Crippen molar-refractivity contribution in [1.82, 2.24) is 9.97 Å². The van der Waals surface area contributed by atoms with Crippen molar-refractivity contribution in [3.63, 3.8) is 0 Å². The van der Waals surface area contributed by atoms with Crippen molar-refractivity contribution in [2.24, 2.45) is 0 Å². The fourth-order valence-corrected chi connectivity index (χ4v) is 2.68. The highest BCUT2D eigenvalue weighted by atomic mass is 35.5. The first-order valence-electron chi connectivity index (χ1n) is 8.77. The van der Waals surface area contributed by atoms with Gasteiger partial charge in [-0.2, -0.15) is 0 Å². The van der Waals surface area contributed by atoms with Gasteiger partial charge in [-0.15, -0.1) is 0 Å². The fourth-order valence-electron chi connectivity index (χ4n) is 2.49. The van der Waals surface area contributed by atoms with Crippen molar-refractivity contribution in [3.8, 4) is 17.5 Å². The number of nitrogens with zero attached hydrogens (tertiary/aromatic N) is 2. The van der Waals surface area contributed by atoms with Gasteiger partial charge in [-0.3, -0.25) is 4.79 Å². The van der Waals surface area contributed by atoms with Gasteiger partial charge in [-0.25, -0.2) is 9.97 Å². The van der Waals surface area contributed by atoms with Gasteiger partial charge in [0.05, 0.1) is 18.1 Å². The number of carbonyl (C=O) groups excluding carboxylic acids is 1. The van der Waals surface area contributed by atoms with Crippen LogP contribution in [0.15, 0.2) is 54.6 Å². The Bertz CT molecular complexity index is 941. The SMILES string of the molecule is Cc1cc(C)nc(Oc2ccc(NC(=O)CCOc3ccccc3Cl)cc2)n1. The summed E-state index contributed by atoms with van der Waals surface area (Å²) in [5.41, 5.74) is 2.34. The molecular weight excluding hydrogens is 378 g/mol. The van der Waals surface area contributed by atoms with Gasteiger partial charge in [0, 0.05) is 17.1 Å². The Morgan fingerprint density at radius 3 is 2.39 bits per heavy atom. The monoisotopic (exact) mass is 397 g/mol. The lowest BCUT2D eigenvalue weighted by Crippen LogP contribution is -2.15. The molecular formula is C21H20ClN3O3. The number of para-hydroxylation sites is 1. The lowest BCUT2D eigenvalue weighted by atomic mass is 10.3. The molecule has 0 saturated carbocycles. The number of aromatic nitrogens is 2. The van der Waals surface area contributed by atoms with Crippen LogP contribution in [0.2, 0.25) is 5.02 Å². The highest BCUT2D eigenvalue weighted by molar-refractivity contribution is 6.32. The number of amides is 1. The van der Waals surface area contributed by atoms with Crippen molar-refractivity contribution in [3.05, 3.63) is 71.0 Å². The number of hydrogen-bond acceptors (Lipinski definition) is 5. The molecule has 6 nitrogen and oxygen atoms in total. The Morgan fingerprint density at radius 1 is 1.04 bits per heavy atom. The minimum atomic E-state index is -0.154. The quantitative estimate of drug-likeness (QED) is 0.610. The van der Waals surface area contributed by atoms with Gasteiger partial charge >= 0.3 is 6.01 Å². The van der Waals surface area contributed by atoms with Crippen LogP contribution in [0.25, 0.3) is 0 Å². The number of halogens is 1. The third-order valence-corrected chi connectivity index (χ3v) is 4.04. The zero-order valence-corrected chi connectivity index (χ0v) is 16.4.